The molecule has 1 aromatic carbocycles. The molecule has 1 N–H and O–H groups in total. The summed E-state index contributed by atoms with van der Waals surface area (Å²) in [6.45, 7) is 11.0. The second-order valence-corrected chi connectivity index (χ2v) is 5.99. The van der Waals surface area contributed by atoms with Crippen LogP contribution < -0.4 is 10.1 Å². The summed E-state index contributed by atoms with van der Waals surface area (Å²) in [7, 11) is 0. The van der Waals surface area contributed by atoms with E-state index in [-0.39, 0.29) is 5.91 Å². The van der Waals surface area contributed by atoms with E-state index in [1.165, 1.54) is 0 Å². The average Bonchev–Trinajstić information content (AvgIpc) is 2.50. The molecule has 0 bridgehead atoms. The van der Waals surface area contributed by atoms with Crippen LogP contribution in [0.3, 0.4) is 0 Å². The Bertz CT molecular complexity index is 501. The van der Waals surface area contributed by atoms with Crippen LogP contribution in [-0.4, -0.2) is 24.7 Å². The molecule has 1 rings (SSSR count). The zero-order valence-electron chi connectivity index (χ0n) is 15.2. The van der Waals surface area contributed by atoms with Crippen molar-refractivity contribution < 1.29 is 14.3 Å². The molecule has 0 heterocycles. The third kappa shape index (κ3) is 5.87. The molecule has 4 nitrogen and oxygen atoms in total. The van der Waals surface area contributed by atoms with Crippen molar-refractivity contribution in [2.45, 2.75) is 65.9 Å². The highest BCUT2D eigenvalue weighted by Gasteiger charge is 2.33. The van der Waals surface area contributed by atoms with E-state index in [1.807, 2.05) is 45.9 Å². The summed E-state index contributed by atoms with van der Waals surface area (Å²) < 4.78 is 11.3. The van der Waals surface area contributed by atoms with Crippen LogP contribution in [0.4, 0.5) is 5.69 Å². The molecule has 1 atom stereocenters. The second kappa shape index (κ2) is 9.56. The molecule has 1 unspecified atom stereocenters. The fourth-order valence-electron chi connectivity index (χ4n) is 2.59. The lowest BCUT2D eigenvalue weighted by Gasteiger charge is -2.28. The number of hydrogen-bond donors (Lipinski definition) is 1. The maximum atomic E-state index is 12.7. The summed E-state index contributed by atoms with van der Waals surface area (Å²) in [5, 5.41) is 2.98. The Morgan fingerprint density at radius 1 is 1.17 bits per heavy atom. The minimum absolute atomic E-state index is 0.0842. The molecule has 4 heteroatoms. The van der Waals surface area contributed by atoms with Gasteiger partial charge in [-0.25, -0.2) is 0 Å². The molecule has 23 heavy (non-hydrogen) atoms. The number of carbonyl (C=O) groups is 1. The van der Waals surface area contributed by atoms with Gasteiger partial charge in [0.1, 0.15) is 11.4 Å². The smallest absolute Gasteiger partial charge is 0.256 e. The Morgan fingerprint density at radius 2 is 1.91 bits per heavy atom. The Hall–Kier alpha value is -1.55. The van der Waals surface area contributed by atoms with Gasteiger partial charge in [-0.05, 0) is 57.9 Å². The summed E-state index contributed by atoms with van der Waals surface area (Å²) >= 11 is 0. The highest BCUT2D eigenvalue weighted by molar-refractivity contribution is 5.97. The van der Waals surface area contributed by atoms with Crippen LogP contribution in [0.5, 0.6) is 5.75 Å². The summed E-state index contributed by atoms with van der Waals surface area (Å²) in [4.78, 5) is 12.7. The first kappa shape index (κ1) is 19.5. The first-order valence-corrected chi connectivity index (χ1v) is 8.65. The number of ether oxygens (including phenoxy) is 2. The van der Waals surface area contributed by atoms with Crippen molar-refractivity contribution in [1.29, 1.82) is 0 Å². The Kier molecular flexibility index (Phi) is 8.10. The van der Waals surface area contributed by atoms with Crippen LogP contribution in [0.2, 0.25) is 0 Å². The molecule has 0 spiro atoms. The maximum absolute atomic E-state index is 12.7. The van der Waals surface area contributed by atoms with E-state index in [0.717, 1.165) is 42.7 Å². The lowest BCUT2D eigenvalue weighted by molar-refractivity contribution is -0.139. The van der Waals surface area contributed by atoms with Gasteiger partial charge in [0.15, 0.2) is 0 Å². The third-order valence-corrected chi connectivity index (χ3v) is 3.93. The number of unbranched alkanes of at least 4 members (excludes halogenated alkanes) is 2. The molecule has 0 fully saturated rings. The monoisotopic (exact) mass is 321 g/mol. The number of rotatable bonds is 10. The van der Waals surface area contributed by atoms with E-state index in [2.05, 4.69) is 12.2 Å². The molecule has 0 aliphatic heterocycles. The largest absolute Gasteiger partial charge is 0.494 e. The fraction of sp³-hybridized carbons (Fsp3) is 0.632. The van der Waals surface area contributed by atoms with Crippen molar-refractivity contribution in [3.63, 3.8) is 0 Å². The molecular formula is C19H31NO3. The summed E-state index contributed by atoms with van der Waals surface area (Å²) in [5.74, 6) is 0.764. The predicted octanol–water partition coefficient (Wildman–Crippen LogP) is 4.71. The number of carbonyl (C=O) groups excluding carboxylic acids is 1. The van der Waals surface area contributed by atoms with Crippen molar-refractivity contribution in [2.24, 2.45) is 0 Å². The third-order valence-electron chi connectivity index (χ3n) is 3.93. The van der Waals surface area contributed by atoms with Crippen molar-refractivity contribution in [2.75, 3.05) is 18.5 Å². The average molecular weight is 321 g/mol. The molecule has 0 aliphatic carbocycles. The highest BCUT2D eigenvalue weighted by Crippen LogP contribution is 2.25. The topological polar surface area (TPSA) is 47.6 Å². The van der Waals surface area contributed by atoms with Gasteiger partial charge < -0.3 is 14.8 Å². The van der Waals surface area contributed by atoms with Crippen LogP contribution in [0, 0.1) is 6.92 Å². The fourth-order valence-corrected chi connectivity index (χ4v) is 2.59. The number of amides is 1. The normalized spacial score (nSPS) is 13.4. The molecule has 0 aromatic heterocycles. The van der Waals surface area contributed by atoms with E-state index >= 15 is 0 Å². The first-order valence-electron chi connectivity index (χ1n) is 8.65. The van der Waals surface area contributed by atoms with Crippen molar-refractivity contribution >= 4 is 11.6 Å². The predicted molar refractivity (Wildman–Crippen MR) is 95.2 cm³/mol. The van der Waals surface area contributed by atoms with Crippen LogP contribution in [-0.2, 0) is 9.53 Å². The van der Waals surface area contributed by atoms with Crippen molar-refractivity contribution in [1.82, 2.24) is 0 Å². The van der Waals surface area contributed by atoms with Gasteiger partial charge in [-0.15, -0.1) is 0 Å². The van der Waals surface area contributed by atoms with E-state index in [9.17, 15) is 4.79 Å². The zero-order valence-corrected chi connectivity index (χ0v) is 15.2. The Balaban J connectivity index is 2.79. The number of benzene rings is 1. The summed E-state index contributed by atoms with van der Waals surface area (Å²) in [6.07, 6.45) is 3.96. The molecule has 1 aromatic rings. The maximum Gasteiger partial charge on any atom is 0.256 e. The molecule has 0 radical (unpaired) electrons. The lowest BCUT2D eigenvalue weighted by atomic mass is 9.96. The van der Waals surface area contributed by atoms with Crippen LogP contribution >= 0.6 is 0 Å². The molecule has 1 amide bonds. The van der Waals surface area contributed by atoms with E-state index in [4.69, 9.17) is 9.47 Å². The quantitative estimate of drug-likeness (QED) is 0.635. The number of anilines is 1. The van der Waals surface area contributed by atoms with Gasteiger partial charge in [0.25, 0.3) is 5.91 Å². The first-order chi connectivity index (χ1) is 11.0. The van der Waals surface area contributed by atoms with Crippen molar-refractivity contribution in [3.05, 3.63) is 23.8 Å². The molecule has 0 saturated carbocycles. The highest BCUT2D eigenvalue weighted by atomic mass is 16.5. The molecule has 0 saturated heterocycles. The Labute approximate surface area is 140 Å². The molecular weight excluding hydrogens is 290 g/mol. The standard InChI is InChI=1S/C19H31NO3/c1-6-9-10-13-19(5,23-8-3)18(21)20-16-11-12-17(22-7-2)15(4)14-16/h11-12,14H,6-10,13H2,1-5H3,(H,20,21). The minimum atomic E-state index is -0.781. The summed E-state index contributed by atoms with van der Waals surface area (Å²) in [5.41, 5.74) is 1.00. The van der Waals surface area contributed by atoms with Crippen LogP contribution in [0.1, 0.15) is 58.9 Å². The summed E-state index contributed by atoms with van der Waals surface area (Å²) in [6, 6.07) is 5.69. The van der Waals surface area contributed by atoms with Gasteiger partial charge >= 0.3 is 0 Å². The Morgan fingerprint density at radius 3 is 2.48 bits per heavy atom. The van der Waals surface area contributed by atoms with Crippen molar-refractivity contribution in [3.8, 4) is 5.75 Å². The molecule has 0 aliphatic rings. The van der Waals surface area contributed by atoms with Gasteiger partial charge in [0.05, 0.1) is 6.61 Å². The second-order valence-electron chi connectivity index (χ2n) is 5.99. The van der Waals surface area contributed by atoms with E-state index < -0.39 is 5.60 Å². The van der Waals surface area contributed by atoms with E-state index in [0.29, 0.717) is 13.2 Å². The zero-order chi connectivity index (χ0) is 17.3. The number of nitrogens with one attached hydrogen (secondary N) is 1. The van der Waals surface area contributed by atoms with Gasteiger partial charge in [0.2, 0.25) is 0 Å². The van der Waals surface area contributed by atoms with Gasteiger partial charge in [0, 0.05) is 12.3 Å². The molecule has 130 valence electrons. The van der Waals surface area contributed by atoms with E-state index in [1.54, 1.807) is 0 Å². The lowest BCUT2D eigenvalue weighted by Crippen LogP contribution is -2.42. The SMILES string of the molecule is CCCCCC(C)(OCC)C(=O)Nc1ccc(OCC)c(C)c1. The number of aryl methyl sites for hydroxylation is 1. The van der Waals surface area contributed by atoms with Crippen LogP contribution in [0.25, 0.3) is 0 Å². The minimum Gasteiger partial charge on any atom is -0.494 e. The van der Waals surface area contributed by atoms with Gasteiger partial charge in [-0.3, -0.25) is 4.79 Å². The van der Waals surface area contributed by atoms with Gasteiger partial charge in [-0.1, -0.05) is 26.2 Å². The van der Waals surface area contributed by atoms with Crippen LogP contribution in [0.15, 0.2) is 18.2 Å². The number of hydrogen-bond acceptors (Lipinski definition) is 3. The van der Waals surface area contributed by atoms with Gasteiger partial charge in [-0.2, -0.15) is 0 Å².